The van der Waals surface area contributed by atoms with Gasteiger partial charge in [-0.2, -0.15) is 0 Å². The van der Waals surface area contributed by atoms with Gasteiger partial charge in [0.1, 0.15) is 0 Å². The summed E-state index contributed by atoms with van der Waals surface area (Å²) < 4.78 is 16.5. The Labute approximate surface area is 135 Å². The second kappa shape index (κ2) is 5.21. The van der Waals surface area contributed by atoms with Gasteiger partial charge in [0, 0.05) is 18.6 Å². The summed E-state index contributed by atoms with van der Waals surface area (Å²) in [6.07, 6.45) is 0. The molecular formula is C16H13BrO5. The summed E-state index contributed by atoms with van der Waals surface area (Å²) in [6, 6.07) is 10.8. The fraction of sp³-hybridized carbons (Fsp3) is 0.188. The summed E-state index contributed by atoms with van der Waals surface area (Å²) >= 11 is 3.18. The second-order valence-corrected chi connectivity index (χ2v) is 5.71. The zero-order valence-corrected chi connectivity index (χ0v) is 13.5. The van der Waals surface area contributed by atoms with E-state index in [9.17, 15) is 9.90 Å². The molecule has 1 aliphatic rings. The molecule has 22 heavy (non-hydrogen) atoms. The maximum atomic E-state index is 11.8. The fourth-order valence-corrected chi connectivity index (χ4v) is 2.78. The Balaban J connectivity index is 2.07. The number of hydrogen-bond acceptors (Lipinski definition) is 5. The molecule has 0 amide bonds. The van der Waals surface area contributed by atoms with Gasteiger partial charge in [0.25, 0.3) is 5.79 Å². The summed E-state index contributed by atoms with van der Waals surface area (Å²) in [5, 5.41) is 10.3. The van der Waals surface area contributed by atoms with Crippen LogP contribution in [0.25, 0.3) is 0 Å². The van der Waals surface area contributed by atoms with Crippen molar-refractivity contribution in [2.75, 3.05) is 7.11 Å². The van der Waals surface area contributed by atoms with Gasteiger partial charge >= 0.3 is 5.97 Å². The highest BCUT2D eigenvalue weighted by atomic mass is 79.9. The third-order valence-corrected chi connectivity index (χ3v) is 4.27. The lowest BCUT2D eigenvalue weighted by molar-refractivity contribution is -0.0688. The number of aromatic hydroxyl groups is 1. The van der Waals surface area contributed by atoms with Crippen LogP contribution in [0.5, 0.6) is 17.2 Å². The molecule has 2 aromatic carbocycles. The number of carbonyl (C=O) groups is 1. The van der Waals surface area contributed by atoms with Crippen LogP contribution in [0.1, 0.15) is 22.8 Å². The van der Waals surface area contributed by atoms with Crippen molar-refractivity contribution in [1.82, 2.24) is 0 Å². The number of ether oxygens (including phenoxy) is 3. The molecule has 0 saturated heterocycles. The monoisotopic (exact) mass is 364 g/mol. The van der Waals surface area contributed by atoms with Crippen LogP contribution in [-0.2, 0) is 10.5 Å². The number of esters is 1. The molecule has 0 bridgehead atoms. The topological polar surface area (TPSA) is 65.0 Å². The highest BCUT2D eigenvalue weighted by Gasteiger charge is 2.41. The number of hydrogen-bond donors (Lipinski definition) is 1. The molecule has 1 unspecified atom stereocenters. The lowest BCUT2D eigenvalue weighted by Gasteiger charge is -2.23. The van der Waals surface area contributed by atoms with Crippen molar-refractivity contribution in [3.8, 4) is 17.2 Å². The van der Waals surface area contributed by atoms with Gasteiger partial charge in [-0.15, -0.1) is 0 Å². The van der Waals surface area contributed by atoms with Crippen LogP contribution >= 0.6 is 15.9 Å². The number of rotatable bonds is 2. The molecule has 0 radical (unpaired) electrons. The van der Waals surface area contributed by atoms with E-state index < -0.39 is 11.8 Å². The number of benzene rings is 2. The summed E-state index contributed by atoms with van der Waals surface area (Å²) in [7, 11) is 1.27. The molecule has 2 aromatic rings. The van der Waals surface area contributed by atoms with Gasteiger partial charge < -0.3 is 19.3 Å². The summed E-state index contributed by atoms with van der Waals surface area (Å²) in [4.78, 5) is 11.8. The lowest BCUT2D eigenvalue weighted by Crippen LogP contribution is -2.31. The van der Waals surface area contributed by atoms with Crippen LogP contribution in [0.15, 0.2) is 40.9 Å². The van der Waals surface area contributed by atoms with Crippen molar-refractivity contribution in [3.05, 3.63) is 52.0 Å². The maximum absolute atomic E-state index is 11.8. The van der Waals surface area contributed by atoms with E-state index in [0.717, 1.165) is 5.56 Å². The minimum Gasteiger partial charge on any atom is -0.503 e. The molecule has 6 heteroatoms. The average Bonchev–Trinajstić information content (AvgIpc) is 2.89. The second-order valence-electron chi connectivity index (χ2n) is 4.92. The van der Waals surface area contributed by atoms with Crippen molar-refractivity contribution in [1.29, 1.82) is 0 Å². The SMILES string of the molecule is COC(=O)c1cc2c(c(O)c1Br)OC(C)(c1ccccc1)O2. The van der Waals surface area contributed by atoms with Crippen LogP contribution in [0.3, 0.4) is 0 Å². The number of methoxy groups -OCH3 is 1. The number of halogens is 1. The Hall–Kier alpha value is -2.21. The van der Waals surface area contributed by atoms with Crippen molar-refractivity contribution < 1.29 is 24.1 Å². The van der Waals surface area contributed by atoms with E-state index in [-0.39, 0.29) is 27.3 Å². The molecule has 114 valence electrons. The smallest absolute Gasteiger partial charge is 0.339 e. The van der Waals surface area contributed by atoms with Crippen molar-refractivity contribution in [3.63, 3.8) is 0 Å². The molecular weight excluding hydrogens is 352 g/mol. The van der Waals surface area contributed by atoms with Gasteiger partial charge in [-0.05, 0) is 15.9 Å². The van der Waals surface area contributed by atoms with Crippen LogP contribution in [-0.4, -0.2) is 18.2 Å². The number of fused-ring (bicyclic) bond motifs is 1. The van der Waals surface area contributed by atoms with Gasteiger partial charge in [-0.1, -0.05) is 30.3 Å². The van der Waals surface area contributed by atoms with Gasteiger partial charge in [0.15, 0.2) is 11.5 Å². The summed E-state index contributed by atoms with van der Waals surface area (Å²) in [6.45, 7) is 1.74. The lowest BCUT2D eigenvalue weighted by atomic mass is 10.1. The van der Waals surface area contributed by atoms with E-state index in [4.69, 9.17) is 14.2 Å². The molecule has 1 atom stereocenters. The predicted octanol–water partition coefficient (Wildman–Crippen LogP) is 3.59. The molecule has 0 spiro atoms. The molecule has 0 aromatic heterocycles. The minimum absolute atomic E-state index is 0.166. The largest absolute Gasteiger partial charge is 0.503 e. The van der Waals surface area contributed by atoms with E-state index in [0.29, 0.717) is 0 Å². The maximum Gasteiger partial charge on any atom is 0.339 e. The standard InChI is InChI=1S/C16H13BrO5/c1-16(9-6-4-3-5-7-9)21-11-8-10(15(19)20-2)12(17)13(18)14(11)22-16/h3-8,18H,1-2H3. The molecule has 5 nitrogen and oxygen atoms in total. The van der Waals surface area contributed by atoms with Crippen LogP contribution in [0.4, 0.5) is 0 Å². The first-order chi connectivity index (χ1) is 10.5. The zero-order chi connectivity index (χ0) is 15.9. The first-order valence-corrected chi connectivity index (χ1v) is 7.33. The molecule has 1 N–H and O–H groups in total. The highest BCUT2D eigenvalue weighted by molar-refractivity contribution is 9.10. The Morgan fingerprint density at radius 1 is 1.27 bits per heavy atom. The van der Waals surface area contributed by atoms with E-state index >= 15 is 0 Å². The van der Waals surface area contributed by atoms with E-state index in [1.165, 1.54) is 13.2 Å². The first kappa shape index (κ1) is 14.7. The van der Waals surface area contributed by atoms with E-state index in [2.05, 4.69) is 15.9 Å². The minimum atomic E-state index is -1.07. The molecule has 0 saturated carbocycles. The third-order valence-electron chi connectivity index (χ3n) is 3.46. The van der Waals surface area contributed by atoms with Gasteiger partial charge in [0.05, 0.1) is 17.1 Å². The Morgan fingerprint density at radius 2 is 1.95 bits per heavy atom. The quantitative estimate of drug-likeness (QED) is 0.825. The summed E-state index contributed by atoms with van der Waals surface area (Å²) in [5.74, 6) is -1.38. The van der Waals surface area contributed by atoms with Crippen LogP contribution in [0.2, 0.25) is 0 Å². The van der Waals surface area contributed by atoms with E-state index in [1.807, 2.05) is 30.3 Å². The third kappa shape index (κ3) is 2.20. The van der Waals surface area contributed by atoms with Crippen molar-refractivity contribution in [2.24, 2.45) is 0 Å². The molecule has 0 aliphatic carbocycles. The van der Waals surface area contributed by atoms with Gasteiger partial charge in [0.2, 0.25) is 5.75 Å². The molecule has 1 aliphatic heterocycles. The van der Waals surface area contributed by atoms with Gasteiger partial charge in [-0.25, -0.2) is 4.79 Å². The number of carbonyl (C=O) groups excluding carboxylic acids is 1. The van der Waals surface area contributed by atoms with Crippen molar-refractivity contribution >= 4 is 21.9 Å². The average molecular weight is 365 g/mol. The van der Waals surface area contributed by atoms with Crippen LogP contribution in [0, 0.1) is 0 Å². The van der Waals surface area contributed by atoms with E-state index in [1.54, 1.807) is 6.92 Å². The fourth-order valence-electron chi connectivity index (χ4n) is 2.32. The summed E-state index contributed by atoms with van der Waals surface area (Å²) in [5.41, 5.74) is 0.959. The highest BCUT2D eigenvalue weighted by Crippen LogP contribution is 2.52. The number of phenols is 1. The zero-order valence-electron chi connectivity index (χ0n) is 11.9. The Bertz CT molecular complexity index is 744. The normalized spacial score (nSPS) is 19.0. The Kier molecular flexibility index (Phi) is 3.48. The first-order valence-electron chi connectivity index (χ1n) is 6.53. The van der Waals surface area contributed by atoms with Crippen molar-refractivity contribution in [2.45, 2.75) is 12.7 Å². The number of phenolic OH excluding ortho intramolecular Hbond substituents is 1. The predicted molar refractivity (Wildman–Crippen MR) is 82.2 cm³/mol. The molecule has 1 heterocycles. The molecule has 3 rings (SSSR count). The van der Waals surface area contributed by atoms with Gasteiger partial charge in [-0.3, -0.25) is 0 Å². The molecule has 0 fully saturated rings. The Morgan fingerprint density at radius 3 is 2.59 bits per heavy atom. The van der Waals surface area contributed by atoms with Crippen LogP contribution < -0.4 is 9.47 Å².